The van der Waals surface area contributed by atoms with Crippen LogP contribution in [0.1, 0.15) is 11.7 Å². The van der Waals surface area contributed by atoms with Gasteiger partial charge in [-0.1, -0.05) is 12.1 Å². The Balaban J connectivity index is 3.13. The van der Waals surface area contributed by atoms with Gasteiger partial charge in [-0.2, -0.15) is 0 Å². The van der Waals surface area contributed by atoms with Crippen LogP contribution in [0.2, 0.25) is 0 Å². The van der Waals surface area contributed by atoms with Crippen LogP contribution in [0.4, 0.5) is 4.39 Å². The van der Waals surface area contributed by atoms with Crippen LogP contribution >= 0.6 is 0 Å². The fourth-order valence-corrected chi connectivity index (χ4v) is 1.19. The molecule has 0 aromatic heterocycles. The highest BCUT2D eigenvalue weighted by Gasteiger charge is 2.23. The van der Waals surface area contributed by atoms with Crippen LogP contribution in [0.25, 0.3) is 0 Å². The van der Waals surface area contributed by atoms with Crippen LogP contribution < -0.4 is 4.74 Å². The van der Waals surface area contributed by atoms with E-state index in [1.165, 1.54) is 25.3 Å². The van der Waals surface area contributed by atoms with Crippen LogP contribution in [-0.4, -0.2) is 25.3 Å². The molecule has 0 amide bonds. The zero-order valence-electron chi connectivity index (χ0n) is 8.36. The normalized spacial score (nSPS) is 12.0. The lowest BCUT2D eigenvalue weighted by atomic mass is 10.1. The minimum absolute atomic E-state index is 0.0457. The minimum Gasteiger partial charge on any atom is -0.493 e. The molecular formula is C10H11FO4. The summed E-state index contributed by atoms with van der Waals surface area (Å²) < 4.78 is 22.3. The molecule has 0 aliphatic carbocycles. The Hall–Kier alpha value is -1.62. The first-order valence-electron chi connectivity index (χ1n) is 4.20. The topological polar surface area (TPSA) is 55.8 Å². The average Bonchev–Trinajstić information content (AvgIpc) is 2.26. The average molecular weight is 214 g/mol. The third-order valence-corrected chi connectivity index (χ3v) is 1.92. The molecule has 0 aliphatic rings. The van der Waals surface area contributed by atoms with Crippen LogP contribution in [0.15, 0.2) is 18.2 Å². The number of rotatable bonds is 3. The van der Waals surface area contributed by atoms with Gasteiger partial charge in [-0.25, -0.2) is 9.18 Å². The molecular weight excluding hydrogens is 203 g/mol. The van der Waals surface area contributed by atoms with Crippen molar-refractivity contribution in [3.05, 3.63) is 29.6 Å². The number of halogens is 1. The number of aliphatic hydroxyl groups excluding tert-OH is 1. The number of para-hydroxylation sites is 1. The van der Waals surface area contributed by atoms with Crippen molar-refractivity contribution in [3.8, 4) is 5.75 Å². The van der Waals surface area contributed by atoms with Gasteiger partial charge in [0.2, 0.25) is 0 Å². The lowest BCUT2D eigenvalue weighted by Crippen LogP contribution is -2.14. The molecule has 0 saturated heterocycles. The monoisotopic (exact) mass is 214 g/mol. The highest BCUT2D eigenvalue weighted by Crippen LogP contribution is 2.28. The van der Waals surface area contributed by atoms with Gasteiger partial charge in [0.1, 0.15) is 0 Å². The van der Waals surface area contributed by atoms with Gasteiger partial charge < -0.3 is 14.6 Å². The van der Waals surface area contributed by atoms with Crippen LogP contribution in [0.3, 0.4) is 0 Å². The Morgan fingerprint density at radius 1 is 1.47 bits per heavy atom. The molecule has 1 aromatic rings. The Morgan fingerprint density at radius 3 is 2.67 bits per heavy atom. The molecule has 1 unspecified atom stereocenters. The van der Waals surface area contributed by atoms with Crippen molar-refractivity contribution < 1.29 is 23.8 Å². The zero-order chi connectivity index (χ0) is 11.4. The predicted octanol–water partition coefficient (Wildman–Crippen LogP) is 1.04. The first-order valence-corrected chi connectivity index (χ1v) is 4.20. The second-order valence-electron chi connectivity index (χ2n) is 2.79. The van der Waals surface area contributed by atoms with Crippen LogP contribution in [0, 0.1) is 5.82 Å². The highest BCUT2D eigenvalue weighted by molar-refractivity contribution is 5.77. The van der Waals surface area contributed by atoms with Crippen molar-refractivity contribution in [3.63, 3.8) is 0 Å². The van der Waals surface area contributed by atoms with E-state index in [2.05, 4.69) is 4.74 Å². The van der Waals surface area contributed by atoms with Gasteiger partial charge in [0.25, 0.3) is 0 Å². The van der Waals surface area contributed by atoms with Gasteiger partial charge in [-0.3, -0.25) is 0 Å². The number of benzene rings is 1. The maximum atomic E-state index is 13.2. The van der Waals surface area contributed by atoms with Gasteiger partial charge in [-0.15, -0.1) is 0 Å². The van der Waals surface area contributed by atoms with Crippen molar-refractivity contribution in [2.45, 2.75) is 6.10 Å². The summed E-state index contributed by atoms with van der Waals surface area (Å²) in [5.74, 6) is -1.66. The molecule has 0 heterocycles. The maximum Gasteiger partial charge on any atom is 0.339 e. The molecule has 82 valence electrons. The maximum absolute atomic E-state index is 13.2. The first-order chi connectivity index (χ1) is 7.11. The number of hydrogen-bond donors (Lipinski definition) is 1. The summed E-state index contributed by atoms with van der Waals surface area (Å²) in [5.41, 5.74) is 0.0457. The van der Waals surface area contributed by atoms with Crippen molar-refractivity contribution in [1.29, 1.82) is 0 Å². The zero-order valence-corrected chi connectivity index (χ0v) is 8.36. The fourth-order valence-electron chi connectivity index (χ4n) is 1.19. The summed E-state index contributed by atoms with van der Waals surface area (Å²) in [7, 11) is 2.39. The first kappa shape index (κ1) is 11.5. The molecule has 0 saturated carbocycles. The SMILES string of the molecule is COC(=O)C(O)c1cccc(F)c1OC. The Labute approximate surface area is 86.2 Å². The summed E-state index contributed by atoms with van der Waals surface area (Å²) >= 11 is 0. The van der Waals surface area contributed by atoms with E-state index in [0.29, 0.717) is 0 Å². The summed E-state index contributed by atoms with van der Waals surface area (Å²) in [6.07, 6.45) is -1.54. The van der Waals surface area contributed by atoms with E-state index >= 15 is 0 Å². The van der Waals surface area contributed by atoms with Gasteiger partial charge in [0, 0.05) is 5.56 Å². The fraction of sp³-hybridized carbons (Fsp3) is 0.300. The Morgan fingerprint density at radius 2 is 2.13 bits per heavy atom. The van der Waals surface area contributed by atoms with Gasteiger partial charge >= 0.3 is 5.97 Å². The molecule has 4 nitrogen and oxygen atoms in total. The van der Waals surface area contributed by atoms with Crippen molar-refractivity contribution in [1.82, 2.24) is 0 Å². The number of carbonyl (C=O) groups is 1. The van der Waals surface area contributed by atoms with Crippen molar-refractivity contribution in [2.75, 3.05) is 14.2 Å². The molecule has 1 atom stereocenters. The highest BCUT2D eigenvalue weighted by atomic mass is 19.1. The summed E-state index contributed by atoms with van der Waals surface area (Å²) in [6.45, 7) is 0. The minimum atomic E-state index is -1.54. The van der Waals surface area contributed by atoms with E-state index in [1.807, 2.05) is 0 Å². The van der Waals surface area contributed by atoms with E-state index in [0.717, 1.165) is 7.11 Å². The predicted molar refractivity (Wildman–Crippen MR) is 49.9 cm³/mol. The second-order valence-corrected chi connectivity index (χ2v) is 2.79. The molecule has 1 aromatic carbocycles. The molecule has 0 radical (unpaired) electrons. The second kappa shape index (κ2) is 4.75. The number of ether oxygens (including phenoxy) is 2. The Bertz CT molecular complexity index is 364. The van der Waals surface area contributed by atoms with E-state index in [-0.39, 0.29) is 11.3 Å². The van der Waals surface area contributed by atoms with Crippen molar-refractivity contribution in [2.24, 2.45) is 0 Å². The van der Waals surface area contributed by atoms with E-state index < -0.39 is 17.9 Å². The van der Waals surface area contributed by atoms with E-state index in [1.54, 1.807) is 0 Å². The Kier molecular flexibility index (Phi) is 3.62. The summed E-state index contributed by atoms with van der Waals surface area (Å²) in [6, 6.07) is 3.94. The van der Waals surface area contributed by atoms with Gasteiger partial charge in [-0.05, 0) is 6.07 Å². The van der Waals surface area contributed by atoms with E-state index in [4.69, 9.17) is 4.74 Å². The number of esters is 1. The third kappa shape index (κ3) is 2.24. The third-order valence-electron chi connectivity index (χ3n) is 1.92. The quantitative estimate of drug-likeness (QED) is 0.764. The molecule has 0 fully saturated rings. The number of aliphatic hydroxyl groups is 1. The van der Waals surface area contributed by atoms with Gasteiger partial charge in [0.15, 0.2) is 17.7 Å². The summed E-state index contributed by atoms with van der Waals surface area (Å²) in [5, 5.41) is 9.50. The molecule has 1 rings (SSSR count). The number of hydrogen-bond acceptors (Lipinski definition) is 4. The lowest BCUT2D eigenvalue weighted by molar-refractivity contribution is -0.150. The van der Waals surface area contributed by atoms with Gasteiger partial charge in [0.05, 0.1) is 14.2 Å². The number of carbonyl (C=O) groups excluding carboxylic acids is 1. The standard InChI is InChI=1S/C10H11FO4/c1-14-9-6(4-3-5-7(9)11)8(12)10(13)15-2/h3-5,8,12H,1-2H3. The molecule has 1 N–H and O–H groups in total. The molecule has 5 heteroatoms. The lowest BCUT2D eigenvalue weighted by Gasteiger charge is -2.12. The molecule has 15 heavy (non-hydrogen) atoms. The molecule has 0 spiro atoms. The molecule has 0 bridgehead atoms. The van der Waals surface area contributed by atoms with Crippen LogP contribution in [-0.2, 0) is 9.53 Å². The summed E-state index contributed by atoms with van der Waals surface area (Å²) in [4.78, 5) is 11.0. The van der Waals surface area contributed by atoms with E-state index in [9.17, 15) is 14.3 Å². The smallest absolute Gasteiger partial charge is 0.339 e. The largest absolute Gasteiger partial charge is 0.493 e. The molecule has 0 aliphatic heterocycles. The number of methoxy groups -OCH3 is 2. The van der Waals surface area contributed by atoms with Crippen molar-refractivity contribution >= 4 is 5.97 Å². The van der Waals surface area contributed by atoms with Crippen LogP contribution in [0.5, 0.6) is 5.75 Å².